The van der Waals surface area contributed by atoms with Crippen LogP contribution in [0, 0.1) is 11.8 Å². The zero-order valence-corrected chi connectivity index (χ0v) is 14.9. The minimum Gasteiger partial charge on any atom is -0.468 e. The number of unbranched alkanes of at least 4 members (excludes halogenated alkanes) is 4. The Balaban J connectivity index is 1.89. The quantitative estimate of drug-likeness (QED) is 0.485. The fourth-order valence-electron chi connectivity index (χ4n) is 3.39. The first-order chi connectivity index (χ1) is 11.6. The van der Waals surface area contributed by atoms with Crippen molar-refractivity contribution in [3.63, 3.8) is 0 Å². The van der Waals surface area contributed by atoms with E-state index in [0.29, 0.717) is 18.8 Å². The zero-order valence-electron chi connectivity index (χ0n) is 14.9. The van der Waals surface area contributed by atoms with Crippen molar-refractivity contribution < 1.29 is 9.53 Å². The van der Waals surface area contributed by atoms with Gasteiger partial charge in [-0.15, -0.1) is 0 Å². The van der Waals surface area contributed by atoms with Crippen molar-refractivity contribution in [2.24, 2.45) is 5.73 Å². The van der Waals surface area contributed by atoms with E-state index in [1.54, 1.807) is 0 Å². The van der Waals surface area contributed by atoms with Gasteiger partial charge in [-0.1, -0.05) is 50.2 Å². The van der Waals surface area contributed by atoms with Gasteiger partial charge in [-0.05, 0) is 49.3 Å². The Bertz CT molecular complexity index is 597. The summed E-state index contributed by atoms with van der Waals surface area (Å²) in [6.45, 7) is 2.22. The largest absolute Gasteiger partial charge is 0.468 e. The van der Waals surface area contributed by atoms with E-state index in [2.05, 4.69) is 43.0 Å². The number of carbonyl (C=O) groups is 1. The molecule has 0 saturated heterocycles. The van der Waals surface area contributed by atoms with E-state index in [9.17, 15) is 4.79 Å². The molecule has 24 heavy (non-hydrogen) atoms. The van der Waals surface area contributed by atoms with Crippen LogP contribution in [0.2, 0.25) is 0 Å². The maximum Gasteiger partial charge on any atom is 0.325 e. The predicted molar refractivity (Wildman–Crippen MR) is 97.6 cm³/mol. The molecule has 0 aromatic heterocycles. The summed E-state index contributed by atoms with van der Waals surface area (Å²) < 4.78 is 4.84. The highest BCUT2D eigenvalue weighted by atomic mass is 16.5. The number of ether oxygens (including phenoxy) is 1. The fourth-order valence-corrected chi connectivity index (χ4v) is 3.39. The van der Waals surface area contributed by atoms with E-state index >= 15 is 0 Å². The Morgan fingerprint density at radius 3 is 2.71 bits per heavy atom. The molecule has 0 heterocycles. The van der Waals surface area contributed by atoms with Crippen molar-refractivity contribution >= 4 is 5.97 Å². The molecule has 0 bridgehead atoms. The zero-order chi connectivity index (χ0) is 17.4. The van der Waals surface area contributed by atoms with Gasteiger partial charge in [0.15, 0.2) is 0 Å². The Hall–Kier alpha value is -1.79. The molecule has 0 radical (unpaired) electrons. The summed E-state index contributed by atoms with van der Waals surface area (Å²) in [6, 6.07) is 8.38. The summed E-state index contributed by atoms with van der Waals surface area (Å²) >= 11 is 0. The van der Waals surface area contributed by atoms with Crippen LogP contribution >= 0.6 is 0 Å². The highest BCUT2D eigenvalue weighted by Crippen LogP contribution is 2.40. The van der Waals surface area contributed by atoms with E-state index in [1.807, 2.05) is 0 Å². The first-order valence-electron chi connectivity index (χ1n) is 9.05. The number of hydrogen-bond donors (Lipinski definition) is 1. The summed E-state index contributed by atoms with van der Waals surface area (Å²) in [7, 11) is 1.40. The molecule has 3 nitrogen and oxygen atoms in total. The average Bonchev–Trinajstić information content (AvgIpc) is 3.01. The van der Waals surface area contributed by atoms with Gasteiger partial charge in [0, 0.05) is 12.0 Å². The Labute approximate surface area is 146 Å². The predicted octanol–water partition coefficient (Wildman–Crippen LogP) is 4.15. The van der Waals surface area contributed by atoms with Crippen LogP contribution in [0.25, 0.3) is 0 Å². The lowest BCUT2D eigenvalue weighted by Crippen LogP contribution is -2.46. The third kappa shape index (κ3) is 4.85. The number of methoxy groups -OCH3 is 1. The second-order valence-electron chi connectivity index (χ2n) is 6.82. The SMILES string of the molecule is CCCCCCC#Cc1ccc([C@H]2CC[C@](N)(C(=O)OC)C2)cc1. The van der Waals surface area contributed by atoms with Crippen LogP contribution in [0.15, 0.2) is 24.3 Å². The molecule has 0 spiro atoms. The molecule has 3 heteroatoms. The maximum atomic E-state index is 11.8. The molecule has 0 unspecified atom stereocenters. The number of nitrogens with two attached hydrogens (primary N) is 1. The molecule has 1 aromatic rings. The highest BCUT2D eigenvalue weighted by Gasteiger charge is 2.43. The molecular weight excluding hydrogens is 298 g/mol. The maximum absolute atomic E-state index is 11.8. The third-order valence-corrected chi connectivity index (χ3v) is 4.91. The highest BCUT2D eigenvalue weighted by molar-refractivity contribution is 5.81. The monoisotopic (exact) mass is 327 g/mol. The van der Waals surface area contributed by atoms with Crippen molar-refractivity contribution in [1.82, 2.24) is 0 Å². The topological polar surface area (TPSA) is 52.3 Å². The van der Waals surface area contributed by atoms with Crippen LogP contribution in [0.4, 0.5) is 0 Å². The van der Waals surface area contributed by atoms with E-state index in [1.165, 1.54) is 38.4 Å². The number of hydrogen-bond acceptors (Lipinski definition) is 3. The molecular formula is C21H29NO2. The van der Waals surface area contributed by atoms with Gasteiger partial charge in [-0.2, -0.15) is 0 Å². The van der Waals surface area contributed by atoms with Gasteiger partial charge in [-0.25, -0.2) is 0 Å². The van der Waals surface area contributed by atoms with Crippen LogP contribution in [0.3, 0.4) is 0 Å². The number of benzene rings is 1. The van der Waals surface area contributed by atoms with E-state index < -0.39 is 5.54 Å². The van der Waals surface area contributed by atoms with Crippen LogP contribution in [0.1, 0.15) is 75.3 Å². The Morgan fingerprint density at radius 1 is 1.29 bits per heavy atom. The number of carbonyl (C=O) groups excluding carboxylic acids is 1. The summed E-state index contributed by atoms with van der Waals surface area (Å²) in [5, 5.41) is 0. The first kappa shape index (κ1) is 18.5. The van der Waals surface area contributed by atoms with Crippen molar-refractivity contribution in [2.45, 2.75) is 69.7 Å². The lowest BCUT2D eigenvalue weighted by atomic mass is 9.92. The number of rotatable bonds is 6. The fraction of sp³-hybridized carbons (Fsp3) is 0.571. The second kappa shape index (κ2) is 8.89. The van der Waals surface area contributed by atoms with Gasteiger partial charge in [-0.3, -0.25) is 4.79 Å². The van der Waals surface area contributed by atoms with E-state index in [0.717, 1.165) is 18.4 Å². The molecule has 2 N–H and O–H groups in total. The van der Waals surface area contributed by atoms with Crippen molar-refractivity contribution in [3.05, 3.63) is 35.4 Å². The van der Waals surface area contributed by atoms with Crippen molar-refractivity contribution in [3.8, 4) is 11.8 Å². The molecule has 0 amide bonds. The van der Waals surface area contributed by atoms with Crippen LogP contribution in [-0.2, 0) is 9.53 Å². The van der Waals surface area contributed by atoms with Gasteiger partial charge in [0.25, 0.3) is 0 Å². The van der Waals surface area contributed by atoms with Crippen LogP contribution in [-0.4, -0.2) is 18.6 Å². The van der Waals surface area contributed by atoms with E-state index in [4.69, 9.17) is 10.5 Å². The molecule has 130 valence electrons. The van der Waals surface area contributed by atoms with Gasteiger partial charge >= 0.3 is 5.97 Å². The van der Waals surface area contributed by atoms with Crippen molar-refractivity contribution in [2.75, 3.05) is 7.11 Å². The van der Waals surface area contributed by atoms with Crippen LogP contribution < -0.4 is 5.73 Å². The Kier molecular flexibility index (Phi) is 6.87. The first-order valence-corrected chi connectivity index (χ1v) is 9.05. The third-order valence-electron chi connectivity index (χ3n) is 4.91. The van der Waals surface area contributed by atoms with Gasteiger partial charge in [0.2, 0.25) is 0 Å². The summed E-state index contributed by atoms with van der Waals surface area (Å²) in [4.78, 5) is 11.8. The summed E-state index contributed by atoms with van der Waals surface area (Å²) in [6.07, 6.45) is 8.25. The lowest BCUT2D eigenvalue weighted by Gasteiger charge is -2.20. The smallest absolute Gasteiger partial charge is 0.325 e. The number of esters is 1. The minimum absolute atomic E-state index is 0.296. The van der Waals surface area contributed by atoms with Gasteiger partial charge in [0.1, 0.15) is 5.54 Å². The van der Waals surface area contributed by atoms with E-state index in [-0.39, 0.29) is 5.97 Å². The summed E-state index contributed by atoms with van der Waals surface area (Å²) in [5.41, 5.74) is 7.66. The van der Waals surface area contributed by atoms with Gasteiger partial charge < -0.3 is 10.5 Å². The van der Waals surface area contributed by atoms with Crippen LogP contribution in [0.5, 0.6) is 0 Å². The molecule has 1 aliphatic rings. The average molecular weight is 327 g/mol. The second-order valence-corrected chi connectivity index (χ2v) is 6.82. The lowest BCUT2D eigenvalue weighted by molar-refractivity contribution is -0.146. The van der Waals surface area contributed by atoms with Crippen molar-refractivity contribution in [1.29, 1.82) is 0 Å². The molecule has 0 aliphatic heterocycles. The molecule has 2 atom stereocenters. The normalized spacial score (nSPS) is 22.7. The molecule has 2 rings (SSSR count). The standard InChI is InChI=1S/C21H29NO2/c1-3-4-5-6-7-8-9-17-10-12-18(13-11-17)19-14-15-21(22,16-19)20(23)24-2/h10-13,19H,3-7,14-16,22H2,1-2H3/t19-,21+/m0/s1. The Morgan fingerprint density at radius 2 is 2.04 bits per heavy atom. The van der Waals surface area contributed by atoms with Gasteiger partial charge in [0.05, 0.1) is 7.11 Å². The molecule has 1 fully saturated rings. The minimum atomic E-state index is -0.823. The molecule has 1 aromatic carbocycles. The molecule has 1 saturated carbocycles. The summed E-state index contributed by atoms with van der Waals surface area (Å²) in [5.74, 6) is 6.52. The molecule has 1 aliphatic carbocycles.